The number of benzene rings is 1. The van der Waals surface area contributed by atoms with E-state index in [4.69, 9.17) is 4.74 Å². The van der Waals surface area contributed by atoms with Crippen molar-refractivity contribution in [2.75, 3.05) is 13.1 Å². The summed E-state index contributed by atoms with van der Waals surface area (Å²) in [4.78, 5) is 8.47. The number of nitrogens with one attached hydrogen (secondary N) is 1. The van der Waals surface area contributed by atoms with Gasteiger partial charge in [-0.15, -0.1) is 0 Å². The standard InChI is InChI=1S/C16H17N3O/c1-8-18-16(19-9-1)14-2-4-15(5-3-14)20-12-13-6-10-17-11-7-13/h2-7,10-11H,1,8-9,12H2,(H,18,19). The number of pyridine rings is 1. The van der Waals surface area contributed by atoms with Crippen LogP contribution in [0.2, 0.25) is 0 Å². The number of rotatable bonds is 4. The van der Waals surface area contributed by atoms with Gasteiger partial charge in [0.2, 0.25) is 0 Å². The van der Waals surface area contributed by atoms with Crippen LogP contribution < -0.4 is 10.1 Å². The Labute approximate surface area is 118 Å². The zero-order chi connectivity index (χ0) is 13.6. The molecule has 2 aromatic rings. The number of ether oxygens (including phenoxy) is 1. The number of amidine groups is 1. The molecule has 1 aromatic carbocycles. The van der Waals surface area contributed by atoms with E-state index in [1.807, 2.05) is 36.4 Å². The topological polar surface area (TPSA) is 46.5 Å². The molecule has 4 nitrogen and oxygen atoms in total. The third-order valence-electron chi connectivity index (χ3n) is 3.18. The van der Waals surface area contributed by atoms with Crippen LogP contribution in [-0.4, -0.2) is 23.9 Å². The molecule has 1 N–H and O–H groups in total. The summed E-state index contributed by atoms with van der Waals surface area (Å²) in [6, 6.07) is 12.0. The number of aromatic nitrogens is 1. The van der Waals surface area contributed by atoms with Gasteiger partial charge in [0.25, 0.3) is 0 Å². The Bertz CT molecular complexity index is 578. The Morgan fingerprint density at radius 1 is 1.05 bits per heavy atom. The molecule has 0 radical (unpaired) electrons. The molecule has 2 heterocycles. The van der Waals surface area contributed by atoms with Crippen molar-refractivity contribution >= 4 is 5.84 Å². The molecule has 0 aliphatic carbocycles. The Morgan fingerprint density at radius 2 is 1.85 bits per heavy atom. The van der Waals surface area contributed by atoms with E-state index in [2.05, 4.69) is 15.3 Å². The lowest BCUT2D eigenvalue weighted by Gasteiger charge is -2.15. The maximum absolute atomic E-state index is 5.75. The van der Waals surface area contributed by atoms with Gasteiger partial charge in [-0.2, -0.15) is 0 Å². The average Bonchev–Trinajstić information content (AvgIpc) is 2.55. The van der Waals surface area contributed by atoms with Crippen molar-refractivity contribution < 1.29 is 4.74 Å². The highest BCUT2D eigenvalue weighted by Crippen LogP contribution is 2.15. The lowest BCUT2D eigenvalue weighted by atomic mass is 10.1. The van der Waals surface area contributed by atoms with Gasteiger partial charge < -0.3 is 10.1 Å². The molecule has 4 heteroatoms. The summed E-state index contributed by atoms with van der Waals surface area (Å²) in [7, 11) is 0. The predicted octanol–water partition coefficient (Wildman–Crippen LogP) is 2.40. The van der Waals surface area contributed by atoms with Crippen LogP contribution in [0.4, 0.5) is 0 Å². The first kappa shape index (κ1) is 12.7. The highest BCUT2D eigenvalue weighted by Gasteiger charge is 2.06. The van der Waals surface area contributed by atoms with E-state index in [1.54, 1.807) is 12.4 Å². The molecular formula is C16H17N3O. The molecule has 0 amide bonds. The number of nitrogens with zero attached hydrogens (tertiary/aromatic N) is 2. The van der Waals surface area contributed by atoms with Crippen molar-refractivity contribution in [2.45, 2.75) is 13.0 Å². The highest BCUT2D eigenvalue weighted by molar-refractivity contribution is 5.99. The molecule has 0 spiro atoms. The van der Waals surface area contributed by atoms with Crippen LogP contribution in [0.1, 0.15) is 17.5 Å². The van der Waals surface area contributed by atoms with Gasteiger partial charge in [0.1, 0.15) is 18.2 Å². The molecule has 3 rings (SSSR count). The highest BCUT2D eigenvalue weighted by atomic mass is 16.5. The van der Waals surface area contributed by atoms with Crippen molar-refractivity contribution in [1.29, 1.82) is 0 Å². The first-order valence-corrected chi connectivity index (χ1v) is 6.82. The van der Waals surface area contributed by atoms with E-state index in [9.17, 15) is 0 Å². The van der Waals surface area contributed by atoms with Crippen LogP contribution in [-0.2, 0) is 6.61 Å². The van der Waals surface area contributed by atoms with E-state index >= 15 is 0 Å². The van der Waals surface area contributed by atoms with Crippen LogP contribution in [0.3, 0.4) is 0 Å². The fraction of sp³-hybridized carbons (Fsp3) is 0.250. The Hall–Kier alpha value is -2.36. The fourth-order valence-corrected chi connectivity index (χ4v) is 2.08. The quantitative estimate of drug-likeness (QED) is 0.925. The van der Waals surface area contributed by atoms with Gasteiger partial charge in [0, 0.05) is 31.0 Å². The van der Waals surface area contributed by atoms with Crippen LogP contribution in [0, 0.1) is 0 Å². The first-order valence-electron chi connectivity index (χ1n) is 6.82. The zero-order valence-corrected chi connectivity index (χ0v) is 11.2. The molecule has 0 saturated carbocycles. The Kier molecular flexibility index (Phi) is 3.92. The molecule has 1 aliphatic heterocycles. The molecule has 1 aliphatic rings. The van der Waals surface area contributed by atoms with Gasteiger partial charge in [-0.25, -0.2) is 0 Å². The summed E-state index contributed by atoms with van der Waals surface area (Å²) < 4.78 is 5.75. The average molecular weight is 267 g/mol. The number of hydrogen-bond donors (Lipinski definition) is 1. The molecule has 0 atom stereocenters. The molecule has 0 unspecified atom stereocenters. The molecule has 1 aromatic heterocycles. The van der Waals surface area contributed by atoms with Gasteiger partial charge in [0.15, 0.2) is 0 Å². The summed E-state index contributed by atoms with van der Waals surface area (Å²) in [5, 5.41) is 3.31. The maximum atomic E-state index is 5.75. The number of aliphatic imine (C=N–C) groups is 1. The van der Waals surface area contributed by atoms with Crippen LogP contribution >= 0.6 is 0 Å². The molecule has 20 heavy (non-hydrogen) atoms. The second-order valence-corrected chi connectivity index (χ2v) is 4.68. The molecule has 0 bridgehead atoms. The lowest BCUT2D eigenvalue weighted by molar-refractivity contribution is 0.306. The minimum absolute atomic E-state index is 0.557. The van der Waals surface area contributed by atoms with Crippen LogP contribution in [0.5, 0.6) is 5.75 Å². The molecular weight excluding hydrogens is 250 g/mol. The second-order valence-electron chi connectivity index (χ2n) is 4.68. The Morgan fingerprint density at radius 3 is 2.55 bits per heavy atom. The third kappa shape index (κ3) is 3.15. The summed E-state index contributed by atoms with van der Waals surface area (Å²) in [6.07, 6.45) is 4.65. The monoisotopic (exact) mass is 267 g/mol. The van der Waals surface area contributed by atoms with Gasteiger partial charge in [-0.05, 0) is 48.4 Å². The SMILES string of the molecule is c1cc(COc2ccc(C3=NCCCN3)cc2)ccn1. The first-order chi connectivity index (χ1) is 9.92. The second kappa shape index (κ2) is 6.19. The van der Waals surface area contributed by atoms with Crippen molar-refractivity contribution in [3.63, 3.8) is 0 Å². The third-order valence-corrected chi connectivity index (χ3v) is 3.18. The van der Waals surface area contributed by atoms with E-state index < -0.39 is 0 Å². The maximum Gasteiger partial charge on any atom is 0.128 e. The molecule has 102 valence electrons. The predicted molar refractivity (Wildman–Crippen MR) is 79.0 cm³/mol. The van der Waals surface area contributed by atoms with Crippen molar-refractivity contribution in [1.82, 2.24) is 10.3 Å². The summed E-state index contributed by atoms with van der Waals surface area (Å²) in [5.74, 6) is 1.85. The summed E-state index contributed by atoms with van der Waals surface area (Å²) in [6.45, 7) is 2.46. The minimum Gasteiger partial charge on any atom is -0.489 e. The van der Waals surface area contributed by atoms with E-state index in [-0.39, 0.29) is 0 Å². The summed E-state index contributed by atoms with van der Waals surface area (Å²) >= 11 is 0. The van der Waals surface area contributed by atoms with Gasteiger partial charge in [0.05, 0.1) is 0 Å². The fourth-order valence-electron chi connectivity index (χ4n) is 2.08. The minimum atomic E-state index is 0.557. The summed E-state index contributed by atoms with van der Waals surface area (Å²) in [5.41, 5.74) is 2.23. The van der Waals surface area contributed by atoms with Crippen LogP contribution in [0.25, 0.3) is 0 Å². The molecule has 0 fully saturated rings. The van der Waals surface area contributed by atoms with E-state index in [0.29, 0.717) is 6.61 Å². The van der Waals surface area contributed by atoms with Gasteiger partial charge in [-0.1, -0.05) is 0 Å². The van der Waals surface area contributed by atoms with Gasteiger partial charge in [-0.3, -0.25) is 9.98 Å². The van der Waals surface area contributed by atoms with E-state index in [0.717, 1.165) is 42.2 Å². The van der Waals surface area contributed by atoms with E-state index in [1.165, 1.54) is 0 Å². The van der Waals surface area contributed by atoms with Crippen LogP contribution in [0.15, 0.2) is 53.8 Å². The number of hydrogen-bond acceptors (Lipinski definition) is 4. The largest absolute Gasteiger partial charge is 0.489 e. The lowest BCUT2D eigenvalue weighted by Crippen LogP contribution is -2.30. The normalized spacial score (nSPS) is 14.3. The molecule has 0 saturated heterocycles. The van der Waals surface area contributed by atoms with Crippen molar-refractivity contribution in [3.05, 3.63) is 59.9 Å². The zero-order valence-electron chi connectivity index (χ0n) is 11.2. The van der Waals surface area contributed by atoms with Crippen molar-refractivity contribution in [3.8, 4) is 5.75 Å². The van der Waals surface area contributed by atoms with Crippen molar-refractivity contribution in [2.24, 2.45) is 4.99 Å². The van der Waals surface area contributed by atoms with Gasteiger partial charge >= 0.3 is 0 Å². The smallest absolute Gasteiger partial charge is 0.128 e. The Balaban J connectivity index is 1.63.